The van der Waals surface area contributed by atoms with E-state index in [4.69, 9.17) is 14.2 Å². The molecule has 4 nitrogen and oxygen atoms in total. The molecule has 0 bridgehead atoms. The van der Waals surface area contributed by atoms with Crippen LogP contribution in [0.25, 0.3) is 5.57 Å². The van der Waals surface area contributed by atoms with Gasteiger partial charge in [0.1, 0.15) is 5.75 Å². The molecule has 35 heavy (non-hydrogen) atoms. The van der Waals surface area contributed by atoms with E-state index in [1.165, 1.54) is 27.8 Å². The van der Waals surface area contributed by atoms with Crippen LogP contribution in [0.3, 0.4) is 0 Å². The summed E-state index contributed by atoms with van der Waals surface area (Å²) in [5.74, 6) is 0.502. The van der Waals surface area contributed by atoms with Crippen molar-refractivity contribution in [1.29, 1.82) is 0 Å². The third kappa shape index (κ3) is 6.40. The summed E-state index contributed by atoms with van der Waals surface area (Å²) in [5, 5.41) is 0. The van der Waals surface area contributed by atoms with Crippen LogP contribution in [-0.2, 0) is 33.5 Å². The molecule has 182 valence electrons. The van der Waals surface area contributed by atoms with Gasteiger partial charge in [0.05, 0.1) is 13.2 Å². The Bertz CT molecular complexity index is 1100. The molecule has 3 aromatic rings. The lowest BCUT2D eigenvalue weighted by Crippen LogP contribution is -2.28. The molecule has 1 atom stereocenters. The molecule has 0 saturated heterocycles. The molecule has 0 saturated carbocycles. The number of carbonyl (C=O) groups excluding carboxylic acids is 1. The van der Waals surface area contributed by atoms with Gasteiger partial charge in [-0.1, -0.05) is 66.7 Å². The first-order valence-corrected chi connectivity index (χ1v) is 12.6. The summed E-state index contributed by atoms with van der Waals surface area (Å²) in [5.41, 5.74) is 7.77. The second-order valence-electron chi connectivity index (χ2n) is 8.61. The van der Waals surface area contributed by atoms with Crippen LogP contribution in [0.15, 0.2) is 78.9 Å². The molecule has 0 heterocycles. The second kappa shape index (κ2) is 12.4. The molecule has 0 spiro atoms. The maximum absolute atomic E-state index is 12.1. The lowest BCUT2D eigenvalue weighted by molar-refractivity contribution is -0.156. The van der Waals surface area contributed by atoms with Gasteiger partial charge < -0.3 is 14.2 Å². The molecule has 0 radical (unpaired) electrons. The number of benzene rings is 3. The molecular formula is C31H34O4. The summed E-state index contributed by atoms with van der Waals surface area (Å²) in [6, 6.07) is 25.3. The fourth-order valence-corrected chi connectivity index (χ4v) is 4.60. The highest BCUT2D eigenvalue weighted by Crippen LogP contribution is 2.33. The monoisotopic (exact) mass is 470 g/mol. The third-order valence-electron chi connectivity index (χ3n) is 6.28. The molecule has 4 rings (SSSR count). The standard InChI is InChI=1S/C31H34O4/c1-3-33-30(31(32)34-4-2)22-23-15-19-26(20-16-23)35-21-9-14-29-27-12-7-5-10-24(27)17-18-25-11-6-8-13-28(25)29/h5-8,10-16,19-20,30H,3-4,9,17-18,21-22H2,1-2H3. The van der Waals surface area contributed by atoms with Gasteiger partial charge in [-0.3, -0.25) is 0 Å². The largest absolute Gasteiger partial charge is 0.493 e. The molecular weight excluding hydrogens is 436 g/mol. The first-order valence-electron chi connectivity index (χ1n) is 12.6. The summed E-state index contributed by atoms with van der Waals surface area (Å²) >= 11 is 0. The Morgan fingerprint density at radius 3 is 2.09 bits per heavy atom. The summed E-state index contributed by atoms with van der Waals surface area (Å²) in [6.45, 7) is 5.09. The quantitative estimate of drug-likeness (QED) is 0.262. The number of esters is 1. The van der Waals surface area contributed by atoms with Crippen molar-refractivity contribution in [2.45, 2.75) is 45.6 Å². The van der Waals surface area contributed by atoms with Crippen LogP contribution in [0.4, 0.5) is 0 Å². The second-order valence-corrected chi connectivity index (χ2v) is 8.61. The summed E-state index contributed by atoms with van der Waals surface area (Å²) in [4.78, 5) is 12.1. The highest BCUT2D eigenvalue weighted by atomic mass is 16.6. The highest BCUT2D eigenvalue weighted by Gasteiger charge is 2.20. The maximum atomic E-state index is 12.1. The molecule has 1 aliphatic rings. The number of rotatable bonds is 10. The smallest absolute Gasteiger partial charge is 0.335 e. The van der Waals surface area contributed by atoms with Crippen molar-refractivity contribution in [2.24, 2.45) is 0 Å². The Kier molecular flexibility index (Phi) is 8.74. The lowest BCUT2D eigenvalue weighted by Gasteiger charge is -2.16. The highest BCUT2D eigenvalue weighted by molar-refractivity contribution is 5.83. The van der Waals surface area contributed by atoms with Crippen LogP contribution in [0.2, 0.25) is 0 Å². The molecule has 0 N–H and O–H groups in total. The van der Waals surface area contributed by atoms with Crippen LogP contribution in [0, 0.1) is 0 Å². The van der Waals surface area contributed by atoms with Crippen molar-refractivity contribution in [1.82, 2.24) is 0 Å². The van der Waals surface area contributed by atoms with Gasteiger partial charge in [0, 0.05) is 19.4 Å². The Hall–Kier alpha value is -3.37. The van der Waals surface area contributed by atoms with E-state index in [0.717, 1.165) is 30.6 Å². The van der Waals surface area contributed by atoms with Crippen LogP contribution in [0.1, 0.15) is 48.1 Å². The molecule has 4 heteroatoms. The van der Waals surface area contributed by atoms with E-state index in [-0.39, 0.29) is 5.97 Å². The molecule has 0 aliphatic heterocycles. The van der Waals surface area contributed by atoms with E-state index >= 15 is 0 Å². The fourth-order valence-electron chi connectivity index (χ4n) is 4.60. The SMILES string of the molecule is CCOC(=O)C(Cc1ccc(OCCC=C2c3ccccc3CCc3ccccc32)cc1)OCC. The van der Waals surface area contributed by atoms with Crippen LogP contribution < -0.4 is 4.74 Å². The van der Waals surface area contributed by atoms with E-state index < -0.39 is 6.10 Å². The minimum Gasteiger partial charge on any atom is -0.493 e. The Balaban J connectivity index is 1.39. The van der Waals surface area contributed by atoms with E-state index in [2.05, 4.69) is 54.6 Å². The zero-order chi connectivity index (χ0) is 24.5. The van der Waals surface area contributed by atoms with Crippen molar-refractivity contribution >= 4 is 11.5 Å². The third-order valence-corrected chi connectivity index (χ3v) is 6.28. The normalized spacial score (nSPS) is 13.3. The van der Waals surface area contributed by atoms with E-state index in [1.54, 1.807) is 6.92 Å². The van der Waals surface area contributed by atoms with Crippen LogP contribution >= 0.6 is 0 Å². The Morgan fingerprint density at radius 1 is 0.857 bits per heavy atom. The van der Waals surface area contributed by atoms with Crippen molar-refractivity contribution in [3.05, 3.63) is 107 Å². The summed E-state index contributed by atoms with van der Waals surface area (Å²) in [7, 11) is 0. The van der Waals surface area contributed by atoms with Gasteiger partial charge in [-0.2, -0.15) is 0 Å². The first kappa shape index (κ1) is 24.7. The molecule has 1 aliphatic carbocycles. The van der Waals surface area contributed by atoms with Gasteiger partial charge in [-0.05, 0) is 72.2 Å². The lowest BCUT2D eigenvalue weighted by atomic mass is 9.93. The Labute approximate surface area is 208 Å². The zero-order valence-electron chi connectivity index (χ0n) is 20.7. The topological polar surface area (TPSA) is 44.8 Å². The zero-order valence-corrected chi connectivity index (χ0v) is 20.7. The maximum Gasteiger partial charge on any atom is 0.335 e. The number of ether oxygens (including phenoxy) is 3. The average Bonchev–Trinajstić information content (AvgIpc) is 3.04. The van der Waals surface area contributed by atoms with E-state index in [9.17, 15) is 4.79 Å². The van der Waals surface area contributed by atoms with E-state index in [0.29, 0.717) is 26.2 Å². The van der Waals surface area contributed by atoms with Crippen molar-refractivity contribution in [3.8, 4) is 5.75 Å². The van der Waals surface area contributed by atoms with E-state index in [1.807, 2.05) is 31.2 Å². The Morgan fingerprint density at radius 2 is 1.49 bits per heavy atom. The molecule has 0 fully saturated rings. The minimum atomic E-state index is -0.580. The number of fused-ring (bicyclic) bond motifs is 2. The van der Waals surface area contributed by atoms with Crippen molar-refractivity contribution in [3.63, 3.8) is 0 Å². The van der Waals surface area contributed by atoms with Crippen molar-refractivity contribution in [2.75, 3.05) is 19.8 Å². The number of aryl methyl sites for hydroxylation is 2. The molecule has 0 aromatic heterocycles. The number of carbonyl (C=O) groups is 1. The van der Waals surface area contributed by atoms with Gasteiger partial charge in [0.2, 0.25) is 0 Å². The van der Waals surface area contributed by atoms with Crippen LogP contribution in [0.5, 0.6) is 5.75 Å². The molecule has 1 unspecified atom stereocenters. The predicted octanol–water partition coefficient (Wildman–Crippen LogP) is 6.20. The molecule has 0 amide bonds. The first-order chi connectivity index (χ1) is 17.2. The summed E-state index contributed by atoms with van der Waals surface area (Å²) < 4.78 is 16.7. The van der Waals surface area contributed by atoms with Gasteiger partial charge in [-0.15, -0.1) is 0 Å². The number of hydrogen-bond acceptors (Lipinski definition) is 4. The summed E-state index contributed by atoms with van der Waals surface area (Å²) in [6.07, 6.45) is 5.15. The van der Waals surface area contributed by atoms with Crippen LogP contribution in [-0.4, -0.2) is 31.9 Å². The predicted molar refractivity (Wildman–Crippen MR) is 140 cm³/mol. The minimum absolute atomic E-state index is 0.315. The van der Waals surface area contributed by atoms with Crippen molar-refractivity contribution < 1.29 is 19.0 Å². The fraction of sp³-hybridized carbons (Fsp3) is 0.323. The van der Waals surface area contributed by atoms with Gasteiger partial charge >= 0.3 is 5.97 Å². The molecule has 3 aromatic carbocycles. The average molecular weight is 471 g/mol. The van der Waals surface area contributed by atoms with Gasteiger partial charge in [0.15, 0.2) is 6.10 Å². The van der Waals surface area contributed by atoms with Gasteiger partial charge in [-0.25, -0.2) is 4.79 Å². The number of hydrogen-bond donors (Lipinski definition) is 0. The van der Waals surface area contributed by atoms with Gasteiger partial charge in [0.25, 0.3) is 0 Å².